The number of ketones is 1. The van der Waals surface area contributed by atoms with Crippen molar-refractivity contribution in [3.63, 3.8) is 0 Å². The first-order valence-electron chi connectivity index (χ1n) is 14.3. The van der Waals surface area contributed by atoms with E-state index in [0.717, 1.165) is 47.4 Å². The number of urea groups is 1. The lowest BCUT2D eigenvalue weighted by Gasteiger charge is -2.37. The highest BCUT2D eigenvalue weighted by molar-refractivity contribution is 7.99. The van der Waals surface area contributed by atoms with E-state index in [4.69, 9.17) is 9.47 Å². The molecule has 0 saturated carbocycles. The standard InChI is InChI=1S/C30H39F3N4O4S/c1-29(2,3)35-28(39)37-13-11-36(12-14-37)19-26-25(38)18-22(20-41-26)40-15-5-4-6-16-42-27-9-10-34-24-17-21(30(31,32)33)7-8-23(24)27/h7-10,17,20,26H,4-6,11-16,18-19H2,1-3H3,(H,35,39). The van der Waals surface area contributed by atoms with Gasteiger partial charge in [0.1, 0.15) is 12.0 Å². The Balaban J connectivity index is 1.11. The van der Waals surface area contributed by atoms with Crippen LogP contribution in [0, 0.1) is 0 Å². The van der Waals surface area contributed by atoms with Crippen molar-refractivity contribution in [2.24, 2.45) is 0 Å². The van der Waals surface area contributed by atoms with Crippen molar-refractivity contribution in [1.29, 1.82) is 0 Å². The maximum atomic E-state index is 13.0. The first kappa shape index (κ1) is 31.9. The molecular weight excluding hydrogens is 569 g/mol. The summed E-state index contributed by atoms with van der Waals surface area (Å²) < 4.78 is 50.5. The number of carbonyl (C=O) groups excluding carboxylic acids is 2. The fourth-order valence-electron chi connectivity index (χ4n) is 4.75. The molecule has 0 aliphatic carbocycles. The van der Waals surface area contributed by atoms with Gasteiger partial charge in [-0.15, -0.1) is 11.8 Å². The number of hydrogen-bond donors (Lipinski definition) is 1. The molecule has 2 aliphatic rings. The van der Waals surface area contributed by atoms with Gasteiger partial charge in [0.2, 0.25) is 0 Å². The van der Waals surface area contributed by atoms with Crippen molar-refractivity contribution < 1.29 is 32.2 Å². The summed E-state index contributed by atoms with van der Waals surface area (Å²) in [5.74, 6) is 1.35. The minimum absolute atomic E-state index is 0.0104. The largest absolute Gasteiger partial charge is 0.494 e. The summed E-state index contributed by atoms with van der Waals surface area (Å²) in [6, 6.07) is 5.44. The number of amides is 2. The number of unbranched alkanes of at least 4 members (excludes halogenated alkanes) is 2. The molecule has 0 spiro atoms. The number of nitrogens with one attached hydrogen (secondary N) is 1. The topological polar surface area (TPSA) is 84.0 Å². The van der Waals surface area contributed by atoms with Gasteiger partial charge in [-0.3, -0.25) is 14.7 Å². The van der Waals surface area contributed by atoms with Crippen molar-refractivity contribution in [3.05, 3.63) is 48.0 Å². The molecule has 42 heavy (non-hydrogen) atoms. The van der Waals surface area contributed by atoms with Crippen molar-refractivity contribution in [2.75, 3.05) is 45.1 Å². The van der Waals surface area contributed by atoms with Crippen LogP contribution in [0.3, 0.4) is 0 Å². The number of aromatic nitrogens is 1. The van der Waals surface area contributed by atoms with Crippen molar-refractivity contribution >= 4 is 34.5 Å². The molecule has 2 aromatic rings. The van der Waals surface area contributed by atoms with Crippen molar-refractivity contribution in [3.8, 4) is 0 Å². The average molecular weight is 609 g/mol. The van der Waals surface area contributed by atoms with E-state index in [1.54, 1.807) is 29.1 Å². The second kappa shape index (κ2) is 14.0. The van der Waals surface area contributed by atoms with Gasteiger partial charge in [-0.25, -0.2) is 4.79 Å². The number of piperazine rings is 1. The van der Waals surface area contributed by atoms with Gasteiger partial charge >= 0.3 is 12.2 Å². The summed E-state index contributed by atoms with van der Waals surface area (Å²) in [4.78, 5) is 34.0. The molecule has 0 bridgehead atoms. The van der Waals surface area contributed by atoms with Crippen LogP contribution in [0.2, 0.25) is 0 Å². The monoisotopic (exact) mass is 608 g/mol. The van der Waals surface area contributed by atoms with E-state index < -0.39 is 17.8 Å². The minimum atomic E-state index is -4.39. The highest BCUT2D eigenvalue weighted by atomic mass is 32.2. The van der Waals surface area contributed by atoms with Crippen LogP contribution < -0.4 is 5.32 Å². The van der Waals surface area contributed by atoms with Crippen molar-refractivity contribution in [1.82, 2.24) is 20.1 Å². The molecule has 12 heteroatoms. The molecule has 1 fully saturated rings. The number of benzene rings is 1. The van der Waals surface area contributed by atoms with Gasteiger partial charge < -0.3 is 19.7 Å². The molecule has 8 nitrogen and oxygen atoms in total. The number of ether oxygens (including phenoxy) is 2. The van der Waals surface area contributed by atoms with E-state index in [2.05, 4.69) is 15.2 Å². The zero-order chi connectivity index (χ0) is 30.3. The number of nitrogens with zero attached hydrogens (tertiary/aromatic N) is 3. The van der Waals surface area contributed by atoms with Crippen LogP contribution in [0.15, 0.2) is 47.4 Å². The van der Waals surface area contributed by atoms with E-state index >= 15 is 0 Å². The Labute approximate surface area is 249 Å². The van der Waals surface area contributed by atoms with E-state index in [0.29, 0.717) is 50.6 Å². The summed E-state index contributed by atoms with van der Waals surface area (Å²) in [6.45, 7) is 9.42. The SMILES string of the molecule is CC(C)(C)NC(=O)N1CCN(CC2OC=C(OCCCCCSc3ccnc4cc(C(F)(F)F)ccc34)CC2=O)CC1. The van der Waals surface area contributed by atoms with Gasteiger partial charge in [-0.2, -0.15) is 13.2 Å². The Kier molecular flexibility index (Phi) is 10.6. The molecule has 1 unspecified atom stereocenters. The van der Waals surface area contributed by atoms with Crippen LogP contribution in [-0.4, -0.2) is 83.3 Å². The molecule has 1 aromatic heterocycles. The van der Waals surface area contributed by atoms with Crippen LogP contribution in [0.5, 0.6) is 0 Å². The van der Waals surface area contributed by atoms with Crippen LogP contribution in [-0.2, 0) is 20.4 Å². The molecule has 1 atom stereocenters. The summed E-state index contributed by atoms with van der Waals surface area (Å²) >= 11 is 1.60. The predicted molar refractivity (Wildman–Crippen MR) is 156 cm³/mol. The molecule has 1 N–H and O–H groups in total. The van der Waals surface area contributed by atoms with Gasteiger partial charge in [-0.1, -0.05) is 6.07 Å². The Morgan fingerprint density at radius 1 is 1.12 bits per heavy atom. The molecule has 2 amide bonds. The van der Waals surface area contributed by atoms with Gasteiger partial charge in [0.25, 0.3) is 0 Å². The zero-order valence-electron chi connectivity index (χ0n) is 24.3. The second-order valence-electron chi connectivity index (χ2n) is 11.6. The summed E-state index contributed by atoms with van der Waals surface area (Å²) in [7, 11) is 0. The predicted octanol–water partition coefficient (Wildman–Crippen LogP) is 5.86. The summed E-state index contributed by atoms with van der Waals surface area (Å²) in [6.07, 6.45) is 1.02. The number of rotatable bonds is 10. The quantitative estimate of drug-likeness (QED) is 0.267. The Morgan fingerprint density at radius 2 is 1.88 bits per heavy atom. The molecule has 4 rings (SSSR count). The fraction of sp³-hybridized carbons (Fsp3) is 0.567. The van der Waals surface area contributed by atoms with E-state index in [1.165, 1.54) is 6.07 Å². The van der Waals surface area contributed by atoms with Crippen LogP contribution in [0.4, 0.5) is 18.0 Å². The van der Waals surface area contributed by atoms with Gasteiger partial charge in [0.05, 0.1) is 24.1 Å². The normalized spacial score (nSPS) is 18.5. The Morgan fingerprint density at radius 3 is 2.57 bits per heavy atom. The lowest BCUT2D eigenvalue weighted by Crippen LogP contribution is -2.56. The number of carbonyl (C=O) groups is 2. The number of allylic oxidation sites excluding steroid dienone is 1. The van der Waals surface area contributed by atoms with Crippen LogP contribution in [0.25, 0.3) is 10.9 Å². The highest BCUT2D eigenvalue weighted by Crippen LogP contribution is 2.34. The number of thioether (sulfide) groups is 1. The van der Waals surface area contributed by atoms with Gasteiger partial charge in [0.15, 0.2) is 11.9 Å². The number of alkyl halides is 3. The molecule has 230 valence electrons. The number of pyridine rings is 1. The summed E-state index contributed by atoms with van der Waals surface area (Å²) in [5.41, 5.74) is -0.639. The molecule has 1 saturated heterocycles. The van der Waals surface area contributed by atoms with E-state index in [9.17, 15) is 22.8 Å². The lowest BCUT2D eigenvalue weighted by molar-refractivity contribution is -0.137. The summed E-state index contributed by atoms with van der Waals surface area (Å²) in [5, 5.41) is 3.70. The Bertz CT molecular complexity index is 1270. The fourth-order valence-corrected chi connectivity index (χ4v) is 5.80. The molecular formula is C30H39F3N4O4S. The van der Waals surface area contributed by atoms with Gasteiger partial charge in [0, 0.05) is 54.7 Å². The van der Waals surface area contributed by atoms with Crippen LogP contribution >= 0.6 is 11.8 Å². The zero-order valence-corrected chi connectivity index (χ0v) is 25.2. The third-order valence-corrected chi connectivity index (χ3v) is 8.16. The minimum Gasteiger partial charge on any atom is -0.494 e. The third-order valence-electron chi connectivity index (χ3n) is 7.00. The first-order valence-corrected chi connectivity index (χ1v) is 15.3. The molecule has 3 heterocycles. The number of halogens is 3. The highest BCUT2D eigenvalue weighted by Gasteiger charge is 2.31. The Hall–Kier alpha value is -2.99. The molecule has 2 aliphatic heterocycles. The third kappa shape index (κ3) is 9.26. The van der Waals surface area contributed by atoms with Crippen LogP contribution in [0.1, 0.15) is 52.0 Å². The van der Waals surface area contributed by atoms with Gasteiger partial charge in [-0.05, 0) is 64.0 Å². The number of Topliss-reactive ketones (excluding diaryl/α,β-unsaturated/α-hetero) is 1. The maximum absolute atomic E-state index is 13.0. The second-order valence-corrected chi connectivity index (χ2v) is 12.8. The molecule has 1 aromatic carbocycles. The van der Waals surface area contributed by atoms with E-state index in [-0.39, 0.29) is 23.8 Å². The lowest BCUT2D eigenvalue weighted by atomic mass is 10.1. The maximum Gasteiger partial charge on any atom is 0.416 e. The molecule has 0 radical (unpaired) electrons. The number of fused-ring (bicyclic) bond motifs is 1. The average Bonchev–Trinajstić information content (AvgIpc) is 2.92. The first-order chi connectivity index (χ1) is 19.9. The number of hydrogen-bond acceptors (Lipinski definition) is 7. The van der Waals surface area contributed by atoms with E-state index in [1.807, 2.05) is 26.8 Å². The van der Waals surface area contributed by atoms with Crippen molar-refractivity contribution in [2.45, 2.75) is 69.2 Å². The smallest absolute Gasteiger partial charge is 0.416 e.